The van der Waals surface area contributed by atoms with E-state index in [0.29, 0.717) is 24.5 Å². The largest absolute Gasteiger partial charge is 0.489 e. The monoisotopic (exact) mass is 476 g/mol. The number of carbonyl (C=O) groups excluding carboxylic acids is 3. The van der Waals surface area contributed by atoms with Crippen molar-refractivity contribution in [1.29, 1.82) is 0 Å². The van der Waals surface area contributed by atoms with E-state index >= 15 is 0 Å². The number of benzene rings is 2. The number of pyridine rings is 1. The standard InChI is InChI=1S/C26H28N4O5/c1-3-24(31)30(34)26(33)21-13-27-14-23(21)29-25(32)17-8-10-19(11-9-17)35-15-18-12-16(2)28-22-7-5-4-6-20(18)22/h4-12,21,23,27,34H,3,13-15H2,1-2H3,(H,29,32)/t21-,23+/m0/s1. The quantitative estimate of drug-likeness (QED) is 0.354. The van der Waals surface area contributed by atoms with E-state index < -0.39 is 23.8 Å². The van der Waals surface area contributed by atoms with Crippen molar-refractivity contribution in [3.63, 3.8) is 0 Å². The number of carbonyl (C=O) groups is 3. The number of imide groups is 1. The lowest BCUT2D eigenvalue weighted by Crippen LogP contribution is -2.48. The van der Waals surface area contributed by atoms with Crippen molar-refractivity contribution >= 4 is 28.6 Å². The van der Waals surface area contributed by atoms with E-state index in [4.69, 9.17) is 4.74 Å². The summed E-state index contributed by atoms with van der Waals surface area (Å²) in [4.78, 5) is 41.4. The maximum Gasteiger partial charge on any atom is 0.259 e. The minimum atomic E-state index is -0.735. The van der Waals surface area contributed by atoms with E-state index in [9.17, 15) is 19.6 Å². The summed E-state index contributed by atoms with van der Waals surface area (Å²) in [6.07, 6.45) is 0.00479. The van der Waals surface area contributed by atoms with Crippen LogP contribution in [0.2, 0.25) is 0 Å². The Morgan fingerprint density at radius 3 is 2.63 bits per heavy atom. The number of para-hydroxylation sites is 1. The minimum absolute atomic E-state index is 0.00479. The zero-order valence-corrected chi connectivity index (χ0v) is 19.7. The Labute approximate surface area is 203 Å². The van der Waals surface area contributed by atoms with E-state index in [1.165, 1.54) is 0 Å². The van der Waals surface area contributed by atoms with Crippen molar-refractivity contribution in [2.24, 2.45) is 5.92 Å². The van der Waals surface area contributed by atoms with Crippen LogP contribution in [0.3, 0.4) is 0 Å². The fourth-order valence-corrected chi connectivity index (χ4v) is 4.15. The van der Waals surface area contributed by atoms with Crippen LogP contribution >= 0.6 is 0 Å². The number of aryl methyl sites for hydroxylation is 1. The highest BCUT2D eigenvalue weighted by Crippen LogP contribution is 2.21. The lowest BCUT2D eigenvalue weighted by Gasteiger charge is -2.22. The Morgan fingerprint density at radius 1 is 1.14 bits per heavy atom. The molecule has 0 unspecified atom stereocenters. The van der Waals surface area contributed by atoms with Gasteiger partial charge in [-0.3, -0.25) is 24.6 Å². The van der Waals surface area contributed by atoms with Crippen molar-refractivity contribution in [2.75, 3.05) is 13.1 Å². The number of hydroxylamine groups is 2. The first-order valence-electron chi connectivity index (χ1n) is 11.5. The molecule has 2 atom stereocenters. The molecule has 9 heteroatoms. The molecule has 0 spiro atoms. The third-order valence-electron chi connectivity index (χ3n) is 6.04. The van der Waals surface area contributed by atoms with Crippen LogP contribution in [-0.2, 0) is 16.2 Å². The van der Waals surface area contributed by atoms with Gasteiger partial charge in [-0.15, -0.1) is 0 Å². The molecule has 0 saturated carbocycles. The van der Waals surface area contributed by atoms with E-state index in [2.05, 4.69) is 15.6 Å². The Hall–Kier alpha value is -3.82. The lowest BCUT2D eigenvalue weighted by atomic mass is 10.0. The van der Waals surface area contributed by atoms with Crippen molar-refractivity contribution in [3.05, 3.63) is 71.4 Å². The molecule has 1 aliphatic rings. The summed E-state index contributed by atoms with van der Waals surface area (Å²) in [5.74, 6) is -1.89. The van der Waals surface area contributed by atoms with Gasteiger partial charge in [-0.25, -0.2) is 0 Å². The van der Waals surface area contributed by atoms with Crippen LogP contribution in [0, 0.1) is 12.8 Å². The predicted octanol–water partition coefficient (Wildman–Crippen LogP) is 2.59. The summed E-state index contributed by atoms with van der Waals surface area (Å²) >= 11 is 0. The first-order valence-corrected chi connectivity index (χ1v) is 11.5. The van der Waals surface area contributed by atoms with E-state index in [1.807, 2.05) is 37.3 Å². The molecule has 9 nitrogen and oxygen atoms in total. The second kappa shape index (κ2) is 10.6. The zero-order valence-electron chi connectivity index (χ0n) is 19.7. The summed E-state index contributed by atoms with van der Waals surface area (Å²) < 4.78 is 5.95. The molecular formula is C26H28N4O5. The molecule has 1 aliphatic heterocycles. The van der Waals surface area contributed by atoms with Gasteiger partial charge in [0, 0.05) is 41.7 Å². The number of rotatable bonds is 7. The topological polar surface area (TPSA) is 121 Å². The smallest absolute Gasteiger partial charge is 0.259 e. The number of nitrogens with one attached hydrogen (secondary N) is 2. The Bertz CT molecular complexity index is 1240. The fraction of sp³-hybridized carbons (Fsp3) is 0.308. The lowest BCUT2D eigenvalue weighted by molar-refractivity contribution is -0.181. The Morgan fingerprint density at radius 2 is 1.89 bits per heavy atom. The number of amides is 3. The van der Waals surface area contributed by atoms with Crippen molar-refractivity contribution < 1.29 is 24.3 Å². The van der Waals surface area contributed by atoms with Gasteiger partial charge in [-0.2, -0.15) is 5.06 Å². The van der Waals surface area contributed by atoms with Gasteiger partial charge in [-0.1, -0.05) is 25.1 Å². The van der Waals surface area contributed by atoms with Crippen molar-refractivity contribution in [1.82, 2.24) is 20.7 Å². The molecule has 0 radical (unpaired) electrons. The highest BCUT2D eigenvalue weighted by atomic mass is 16.5. The number of hydrogen-bond donors (Lipinski definition) is 3. The average Bonchev–Trinajstić information content (AvgIpc) is 3.34. The SMILES string of the molecule is CCC(=O)N(O)C(=O)[C@H]1CNC[C@H]1NC(=O)c1ccc(OCc2cc(C)nc3ccccc23)cc1. The number of ether oxygens (including phenoxy) is 1. The van der Waals surface area contributed by atoms with Crippen LogP contribution in [0.5, 0.6) is 5.75 Å². The maximum atomic E-state index is 12.8. The van der Waals surface area contributed by atoms with Gasteiger partial charge in [-0.05, 0) is 43.3 Å². The van der Waals surface area contributed by atoms with Crippen molar-refractivity contribution in [2.45, 2.75) is 32.9 Å². The van der Waals surface area contributed by atoms with Crippen LogP contribution < -0.4 is 15.4 Å². The Kier molecular flexibility index (Phi) is 7.38. The van der Waals surface area contributed by atoms with Crippen molar-refractivity contribution in [3.8, 4) is 5.75 Å². The second-order valence-corrected chi connectivity index (χ2v) is 8.49. The van der Waals surface area contributed by atoms with E-state index in [1.54, 1.807) is 31.2 Å². The molecule has 3 amide bonds. The molecule has 0 aliphatic carbocycles. The van der Waals surface area contributed by atoms with Gasteiger partial charge < -0.3 is 15.4 Å². The van der Waals surface area contributed by atoms with Gasteiger partial charge in [0.05, 0.1) is 17.5 Å². The first-order chi connectivity index (χ1) is 16.9. The van der Waals surface area contributed by atoms with Crippen LogP contribution in [0.1, 0.15) is 35.0 Å². The van der Waals surface area contributed by atoms with Gasteiger partial charge in [0.2, 0.25) is 0 Å². The summed E-state index contributed by atoms with van der Waals surface area (Å²) in [6.45, 7) is 4.48. The summed E-state index contributed by atoms with van der Waals surface area (Å²) in [5.41, 5.74) is 3.26. The number of nitrogens with zero attached hydrogens (tertiary/aromatic N) is 2. The molecule has 1 fully saturated rings. The summed E-state index contributed by atoms with van der Waals surface area (Å²) in [7, 11) is 0. The first kappa shape index (κ1) is 24.3. The highest BCUT2D eigenvalue weighted by Gasteiger charge is 2.38. The molecule has 3 aromatic rings. The zero-order chi connectivity index (χ0) is 24.9. The van der Waals surface area contributed by atoms with E-state index in [-0.39, 0.29) is 23.9 Å². The molecule has 0 bridgehead atoms. The molecule has 2 heterocycles. The summed E-state index contributed by atoms with van der Waals surface area (Å²) in [6, 6.07) is 16.1. The molecule has 1 saturated heterocycles. The average molecular weight is 477 g/mol. The Balaban J connectivity index is 1.38. The number of aromatic nitrogens is 1. The normalized spacial score (nSPS) is 17.2. The predicted molar refractivity (Wildman–Crippen MR) is 129 cm³/mol. The number of fused-ring (bicyclic) bond motifs is 1. The van der Waals surface area contributed by atoms with Gasteiger partial charge >= 0.3 is 0 Å². The molecule has 4 rings (SSSR count). The van der Waals surface area contributed by atoms with Gasteiger partial charge in [0.25, 0.3) is 17.7 Å². The summed E-state index contributed by atoms with van der Waals surface area (Å²) in [5, 5.41) is 16.9. The highest BCUT2D eigenvalue weighted by molar-refractivity contribution is 5.97. The maximum absolute atomic E-state index is 12.8. The fourth-order valence-electron chi connectivity index (χ4n) is 4.15. The molecular weight excluding hydrogens is 448 g/mol. The van der Waals surface area contributed by atoms with Gasteiger partial charge in [0.1, 0.15) is 12.4 Å². The van der Waals surface area contributed by atoms with E-state index in [0.717, 1.165) is 22.2 Å². The van der Waals surface area contributed by atoms with Crippen LogP contribution in [0.4, 0.5) is 0 Å². The third-order valence-corrected chi connectivity index (χ3v) is 6.04. The van der Waals surface area contributed by atoms with Crippen LogP contribution in [-0.4, -0.2) is 52.1 Å². The minimum Gasteiger partial charge on any atom is -0.489 e. The van der Waals surface area contributed by atoms with Crippen LogP contribution in [0.25, 0.3) is 10.9 Å². The van der Waals surface area contributed by atoms with Crippen LogP contribution in [0.15, 0.2) is 54.6 Å². The molecule has 182 valence electrons. The number of hydrogen-bond acceptors (Lipinski definition) is 7. The molecule has 3 N–H and O–H groups in total. The molecule has 2 aromatic carbocycles. The third kappa shape index (κ3) is 5.47. The second-order valence-electron chi connectivity index (χ2n) is 8.49. The van der Waals surface area contributed by atoms with Gasteiger partial charge in [0.15, 0.2) is 0 Å². The molecule has 35 heavy (non-hydrogen) atoms. The molecule has 1 aromatic heterocycles.